The first-order valence-corrected chi connectivity index (χ1v) is 6.28. The molecular weight excluding hydrogens is 232 g/mol. The van der Waals surface area contributed by atoms with Crippen molar-refractivity contribution in [1.29, 1.82) is 0 Å². The van der Waals surface area contributed by atoms with E-state index in [4.69, 9.17) is 10.5 Å². The minimum absolute atomic E-state index is 0.157. The van der Waals surface area contributed by atoms with Gasteiger partial charge in [0, 0.05) is 12.6 Å². The molecule has 1 aromatic heterocycles. The minimum Gasteiger partial charge on any atom is -0.481 e. The fourth-order valence-electron chi connectivity index (χ4n) is 2.33. The van der Waals surface area contributed by atoms with Crippen LogP contribution in [0.3, 0.4) is 0 Å². The second-order valence-electron chi connectivity index (χ2n) is 4.72. The molecule has 4 N–H and O–H groups in total. The lowest BCUT2D eigenvalue weighted by atomic mass is 9.87. The van der Waals surface area contributed by atoms with Crippen molar-refractivity contribution in [3.8, 4) is 5.88 Å². The number of methoxy groups -OCH3 is 1. The fraction of sp³-hybridized carbons (Fsp3) is 0.667. The average Bonchev–Trinajstić information content (AvgIpc) is 2.36. The van der Waals surface area contributed by atoms with Gasteiger partial charge in [-0.3, -0.25) is 0 Å². The molecule has 0 saturated heterocycles. The highest BCUT2D eigenvalue weighted by Gasteiger charge is 2.19. The summed E-state index contributed by atoms with van der Waals surface area (Å²) in [6.45, 7) is 0.788. The lowest BCUT2D eigenvalue weighted by Gasteiger charge is -2.26. The number of hydrogen-bond acceptors (Lipinski definition) is 6. The molecule has 1 heterocycles. The van der Waals surface area contributed by atoms with Gasteiger partial charge in [-0.1, -0.05) is 6.42 Å². The van der Waals surface area contributed by atoms with E-state index in [1.165, 1.54) is 0 Å². The fourth-order valence-corrected chi connectivity index (χ4v) is 2.33. The smallest absolute Gasteiger partial charge is 0.225 e. The van der Waals surface area contributed by atoms with Crippen LogP contribution in [0.25, 0.3) is 0 Å². The van der Waals surface area contributed by atoms with E-state index in [-0.39, 0.29) is 12.1 Å². The predicted molar refractivity (Wildman–Crippen MR) is 69.5 cm³/mol. The minimum atomic E-state index is -0.157. The number of aliphatic hydroxyl groups is 1. The third-order valence-electron chi connectivity index (χ3n) is 3.26. The number of rotatable bonds is 4. The van der Waals surface area contributed by atoms with Crippen LogP contribution in [-0.2, 0) is 0 Å². The third kappa shape index (κ3) is 3.46. The summed E-state index contributed by atoms with van der Waals surface area (Å²) in [5.41, 5.74) is 5.58. The molecule has 6 nitrogen and oxygen atoms in total. The van der Waals surface area contributed by atoms with Gasteiger partial charge in [0.15, 0.2) is 0 Å². The van der Waals surface area contributed by atoms with Crippen LogP contribution in [0.2, 0.25) is 0 Å². The number of nitrogens with two attached hydrogens (primary N) is 1. The molecule has 0 bridgehead atoms. The summed E-state index contributed by atoms with van der Waals surface area (Å²) in [4.78, 5) is 8.02. The summed E-state index contributed by atoms with van der Waals surface area (Å²) in [7, 11) is 1.54. The highest BCUT2D eigenvalue weighted by Crippen LogP contribution is 2.24. The third-order valence-corrected chi connectivity index (χ3v) is 3.26. The number of hydrogen-bond donors (Lipinski definition) is 3. The molecule has 2 unspecified atom stereocenters. The Morgan fingerprint density at radius 2 is 2.33 bits per heavy atom. The van der Waals surface area contributed by atoms with E-state index in [0.717, 1.165) is 32.2 Å². The van der Waals surface area contributed by atoms with Crippen molar-refractivity contribution in [1.82, 2.24) is 9.97 Å². The summed E-state index contributed by atoms with van der Waals surface area (Å²) in [6.07, 6.45) is 3.84. The van der Waals surface area contributed by atoms with Crippen molar-refractivity contribution in [2.45, 2.75) is 31.8 Å². The Kier molecular flexibility index (Phi) is 4.19. The van der Waals surface area contributed by atoms with Crippen LogP contribution >= 0.6 is 0 Å². The van der Waals surface area contributed by atoms with Crippen molar-refractivity contribution in [2.75, 3.05) is 24.7 Å². The Morgan fingerprint density at radius 3 is 3.06 bits per heavy atom. The number of nitrogens with zero attached hydrogens (tertiary/aromatic N) is 2. The standard InChI is InChI=1S/C12H20N4O2/c1-18-11-6-10(15-12(13)16-11)14-7-8-3-2-4-9(17)5-8/h6,8-9,17H,2-5,7H2,1H3,(H3,13,14,15,16). The first-order chi connectivity index (χ1) is 8.67. The number of ether oxygens (including phenoxy) is 1. The summed E-state index contributed by atoms with van der Waals surface area (Å²) in [6, 6.07) is 1.72. The lowest BCUT2D eigenvalue weighted by molar-refractivity contribution is 0.104. The Morgan fingerprint density at radius 1 is 1.50 bits per heavy atom. The van der Waals surface area contributed by atoms with Gasteiger partial charge in [-0.05, 0) is 25.2 Å². The molecule has 18 heavy (non-hydrogen) atoms. The molecule has 1 aromatic rings. The molecule has 1 aliphatic rings. The second-order valence-corrected chi connectivity index (χ2v) is 4.72. The van der Waals surface area contributed by atoms with Crippen molar-refractivity contribution in [2.24, 2.45) is 5.92 Å². The Hall–Kier alpha value is -1.56. The maximum Gasteiger partial charge on any atom is 0.225 e. The Balaban J connectivity index is 1.91. The molecule has 0 aliphatic heterocycles. The summed E-state index contributed by atoms with van der Waals surface area (Å²) < 4.78 is 5.03. The van der Waals surface area contributed by atoms with Crippen molar-refractivity contribution >= 4 is 11.8 Å². The van der Waals surface area contributed by atoms with Crippen LogP contribution in [0.15, 0.2) is 6.07 Å². The monoisotopic (exact) mass is 252 g/mol. The summed E-state index contributed by atoms with van der Waals surface area (Å²) >= 11 is 0. The Labute approximate surface area is 107 Å². The number of aromatic nitrogens is 2. The molecule has 0 amide bonds. The molecule has 1 saturated carbocycles. The molecule has 100 valence electrons. The Bertz CT molecular complexity index is 400. The van der Waals surface area contributed by atoms with Crippen LogP contribution in [0.4, 0.5) is 11.8 Å². The predicted octanol–water partition coefficient (Wildman–Crippen LogP) is 1.03. The molecule has 1 aliphatic carbocycles. The zero-order chi connectivity index (χ0) is 13.0. The zero-order valence-corrected chi connectivity index (χ0v) is 10.6. The highest BCUT2D eigenvalue weighted by atomic mass is 16.5. The van der Waals surface area contributed by atoms with E-state index < -0.39 is 0 Å². The number of aliphatic hydroxyl groups excluding tert-OH is 1. The van der Waals surface area contributed by atoms with Crippen LogP contribution < -0.4 is 15.8 Å². The molecule has 6 heteroatoms. The molecule has 2 rings (SSSR count). The highest BCUT2D eigenvalue weighted by molar-refractivity contribution is 5.42. The van der Waals surface area contributed by atoms with Gasteiger partial charge in [0.1, 0.15) is 5.82 Å². The van der Waals surface area contributed by atoms with Crippen LogP contribution in [-0.4, -0.2) is 34.8 Å². The zero-order valence-electron chi connectivity index (χ0n) is 10.6. The number of nitrogens with one attached hydrogen (secondary N) is 1. The second kappa shape index (κ2) is 5.86. The first-order valence-electron chi connectivity index (χ1n) is 6.28. The van der Waals surface area contributed by atoms with E-state index in [2.05, 4.69) is 15.3 Å². The summed E-state index contributed by atoms with van der Waals surface area (Å²) in [5, 5.41) is 12.8. The topological polar surface area (TPSA) is 93.3 Å². The van der Waals surface area contributed by atoms with Crippen LogP contribution in [0, 0.1) is 5.92 Å². The van der Waals surface area contributed by atoms with Gasteiger partial charge in [0.2, 0.25) is 11.8 Å². The summed E-state index contributed by atoms with van der Waals surface area (Å²) in [5.74, 6) is 1.80. The van der Waals surface area contributed by atoms with Crippen molar-refractivity contribution in [3.63, 3.8) is 0 Å². The van der Waals surface area contributed by atoms with Gasteiger partial charge < -0.3 is 20.9 Å². The van der Waals surface area contributed by atoms with Gasteiger partial charge in [0.25, 0.3) is 0 Å². The van der Waals surface area contributed by atoms with Gasteiger partial charge in [-0.2, -0.15) is 9.97 Å². The molecule has 0 radical (unpaired) electrons. The van der Waals surface area contributed by atoms with Crippen molar-refractivity contribution < 1.29 is 9.84 Å². The molecule has 0 aromatic carbocycles. The molecule has 2 atom stereocenters. The number of nitrogen functional groups attached to an aromatic ring is 1. The maximum absolute atomic E-state index is 9.61. The van der Waals surface area contributed by atoms with E-state index in [1.54, 1.807) is 13.2 Å². The van der Waals surface area contributed by atoms with E-state index >= 15 is 0 Å². The van der Waals surface area contributed by atoms with E-state index in [9.17, 15) is 5.11 Å². The van der Waals surface area contributed by atoms with Gasteiger partial charge in [-0.25, -0.2) is 0 Å². The molecule has 0 spiro atoms. The van der Waals surface area contributed by atoms with E-state index in [0.29, 0.717) is 17.6 Å². The maximum atomic E-state index is 9.61. The molecule has 1 fully saturated rings. The van der Waals surface area contributed by atoms with Gasteiger partial charge >= 0.3 is 0 Å². The normalized spacial score (nSPS) is 23.7. The first kappa shape index (κ1) is 12.9. The van der Waals surface area contributed by atoms with E-state index in [1.807, 2.05) is 0 Å². The number of anilines is 2. The largest absolute Gasteiger partial charge is 0.481 e. The van der Waals surface area contributed by atoms with Crippen molar-refractivity contribution in [3.05, 3.63) is 6.07 Å². The van der Waals surface area contributed by atoms with Gasteiger partial charge in [-0.15, -0.1) is 0 Å². The SMILES string of the molecule is COc1cc(NCC2CCCC(O)C2)nc(N)n1. The van der Waals surface area contributed by atoms with Crippen LogP contribution in [0.1, 0.15) is 25.7 Å². The average molecular weight is 252 g/mol. The quantitative estimate of drug-likeness (QED) is 0.741. The lowest BCUT2D eigenvalue weighted by Crippen LogP contribution is -2.25. The van der Waals surface area contributed by atoms with Crippen LogP contribution in [0.5, 0.6) is 5.88 Å². The molecular formula is C12H20N4O2. The van der Waals surface area contributed by atoms with Gasteiger partial charge in [0.05, 0.1) is 13.2 Å².